The standard InChI is InChI=1S/C13H15ClN2O/c14-9-3-1-2-8(4-9)6-16-7-11-10(5-15)12(11)13(16)17/h1-4,10-12H,5-7,15H2. The minimum Gasteiger partial charge on any atom is -0.338 e. The van der Waals surface area contributed by atoms with Crippen LogP contribution in [-0.2, 0) is 11.3 Å². The normalized spacial score (nSPS) is 30.6. The fraction of sp³-hybridized carbons (Fsp3) is 0.462. The lowest BCUT2D eigenvalue weighted by atomic mass is 10.2. The Labute approximate surface area is 106 Å². The zero-order valence-corrected chi connectivity index (χ0v) is 10.2. The zero-order chi connectivity index (χ0) is 12.0. The number of fused-ring (bicyclic) bond motifs is 1. The first-order valence-corrected chi connectivity index (χ1v) is 6.32. The van der Waals surface area contributed by atoms with E-state index in [9.17, 15) is 4.79 Å². The number of halogens is 1. The van der Waals surface area contributed by atoms with E-state index in [1.807, 2.05) is 29.2 Å². The largest absolute Gasteiger partial charge is 0.338 e. The van der Waals surface area contributed by atoms with Crippen molar-refractivity contribution in [3.8, 4) is 0 Å². The lowest BCUT2D eigenvalue weighted by Crippen LogP contribution is -2.30. The van der Waals surface area contributed by atoms with E-state index in [0.29, 0.717) is 24.9 Å². The van der Waals surface area contributed by atoms with Crippen LogP contribution in [0.15, 0.2) is 24.3 Å². The summed E-state index contributed by atoms with van der Waals surface area (Å²) in [6, 6.07) is 7.68. The molecule has 2 fully saturated rings. The maximum Gasteiger partial charge on any atom is 0.226 e. The number of nitrogens with zero attached hydrogens (tertiary/aromatic N) is 1. The SMILES string of the molecule is NCC1C2CN(Cc3cccc(Cl)c3)C(=O)C12. The first-order valence-electron chi connectivity index (χ1n) is 5.94. The van der Waals surface area contributed by atoms with Gasteiger partial charge in [-0.25, -0.2) is 0 Å². The number of carbonyl (C=O) groups excluding carboxylic acids is 1. The molecule has 1 saturated carbocycles. The van der Waals surface area contributed by atoms with Crippen molar-refractivity contribution in [1.29, 1.82) is 0 Å². The van der Waals surface area contributed by atoms with Crippen molar-refractivity contribution in [1.82, 2.24) is 4.90 Å². The van der Waals surface area contributed by atoms with Crippen LogP contribution in [0.1, 0.15) is 5.56 Å². The molecule has 0 aromatic heterocycles. The number of nitrogens with two attached hydrogens (primary N) is 1. The van der Waals surface area contributed by atoms with E-state index in [1.54, 1.807) is 0 Å². The molecule has 0 spiro atoms. The van der Waals surface area contributed by atoms with Gasteiger partial charge in [0.05, 0.1) is 0 Å². The predicted molar refractivity (Wildman–Crippen MR) is 66.4 cm³/mol. The first-order chi connectivity index (χ1) is 8.20. The van der Waals surface area contributed by atoms with Gasteiger partial charge in [0, 0.05) is 24.0 Å². The van der Waals surface area contributed by atoms with Crippen molar-refractivity contribution in [3.05, 3.63) is 34.9 Å². The second-order valence-electron chi connectivity index (χ2n) is 4.94. The van der Waals surface area contributed by atoms with Crippen LogP contribution < -0.4 is 5.73 Å². The van der Waals surface area contributed by atoms with Crippen LogP contribution in [0.5, 0.6) is 0 Å². The number of piperidine rings is 1. The lowest BCUT2D eigenvalue weighted by molar-refractivity contribution is -0.131. The maximum atomic E-state index is 12.0. The van der Waals surface area contributed by atoms with Gasteiger partial charge in [-0.2, -0.15) is 0 Å². The van der Waals surface area contributed by atoms with E-state index in [4.69, 9.17) is 17.3 Å². The van der Waals surface area contributed by atoms with Gasteiger partial charge in [0.1, 0.15) is 0 Å². The van der Waals surface area contributed by atoms with Crippen LogP contribution in [0, 0.1) is 17.8 Å². The Bertz CT molecular complexity index is 462. The molecular weight excluding hydrogens is 236 g/mol. The third kappa shape index (κ3) is 1.83. The molecule has 3 unspecified atom stereocenters. The Hall–Kier alpha value is -1.06. The Morgan fingerprint density at radius 1 is 1.47 bits per heavy atom. The maximum absolute atomic E-state index is 12.0. The molecule has 3 atom stereocenters. The van der Waals surface area contributed by atoms with Crippen LogP contribution >= 0.6 is 11.6 Å². The number of likely N-dealkylation sites (tertiary alicyclic amines) is 1. The molecular formula is C13H15ClN2O. The van der Waals surface area contributed by atoms with Crippen molar-refractivity contribution in [2.24, 2.45) is 23.5 Å². The second kappa shape index (κ2) is 4.00. The fourth-order valence-electron chi connectivity index (χ4n) is 2.94. The zero-order valence-electron chi connectivity index (χ0n) is 9.47. The van der Waals surface area contributed by atoms with Gasteiger partial charge in [-0.15, -0.1) is 0 Å². The summed E-state index contributed by atoms with van der Waals surface area (Å²) in [5, 5.41) is 0.721. The van der Waals surface area contributed by atoms with Gasteiger partial charge in [-0.1, -0.05) is 23.7 Å². The van der Waals surface area contributed by atoms with Crippen molar-refractivity contribution in [3.63, 3.8) is 0 Å². The molecule has 1 heterocycles. The minimum absolute atomic E-state index is 0.208. The van der Waals surface area contributed by atoms with Crippen molar-refractivity contribution in [2.75, 3.05) is 13.1 Å². The molecule has 1 saturated heterocycles. The van der Waals surface area contributed by atoms with Gasteiger partial charge < -0.3 is 10.6 Å². The van der Waals surface area contributed by atoms with E-state index >= 15 is 0 Å². The lowest BCUT2D eigenvalue weighted by Gasteiger charge is -2.19. The number of hydrogen-bond donors (Lipinski definition) is 1. The Kier molecular flexibility index (Phi) is 2.60. The highest BCUT2D eigenvalue weighted by Gasteiger charge is 2.60. The smallest absolute Gasteiger partial charge is 0.226 e. The number of amides is 1. The monoisotopic (exact) mass is 250 g/mol. The van der Waals surface area contributed by atoms with Crippen molar-refractivity contribution < 1.29 is 4.79 Å². The Morgan fingerprint density at radius 3 is 2.88 bits per heavy atom. The summed E-state index contributed by atoms with van der Waals surface area (Å²) < 4.78 is 0. The van der Waals surface area contributed by atoms with E-state index in [2.05, 4.69) is 0 Å². The van der Waals surface area contributed by atoms with Crippen LogP contribution in [0.3, 0.4) is 0 Å². The summed E-state index contributed by atoms with van der Waals surface area (Å²) in [4.78, 5) is 14.0. The molecule has 3 nitrogen and oxygen atoms in total. The third-order valence-electron chi connectivity index (χ3n) is 3.89. The topological polar surface area (TPSA) is 46.3 Å². The Balaban J connectivity index is 1.67. The molecule has 2 aliphatic rings. The van der Waals surface area contributed by atoms with Crippen LogP contribution in [-0.4, -0.2) is 23.9 Å². The molecule has 1 aromatic rings. The average Bonchev–Trinajstić information content (AvgIpc) is 2.91. The number of hydrogen-bond acceptors (Lipinski definition) is 2. The van der Waals surface area contributed by atoms with Gasteiger partial charge >= 0.3 is 0 Å². The summed E-state index contributed by atoms with van der Waals surface area (Å²) >= 11 is 5.93. The Morgan fingerprint density at radius 2 is 2.29 bits per heavy atom. The molecule has 0 radical (unpaired) electrons. The summed E-state index contributed by atoms with van der Waals surface area (Å²) in [7, 11) is 0. The number of benzene rings is 1. The fourth-order valence-corrected chi connectivity index (χ4v) is 3.15. The van der Waals surface area contributed by atoms with Crippen LogP contribution in [0.2, 0.25) is 5.02 Å². The molecule has 1 amide bonds. The molecule has 0 bridgehead atoms. The highest BCUT2D eigenvalue weighted by Crippen LogP contribution is 2.52. The van der Waals surface area contributed by atoms with E-state index < -0.39 is 0 Å². The van der Waals surface area contributed by atoms with E-state index in [-0.39, 0.29) is 11.8 Å². The van der Waals surface area contributed by atoms with Gasteiger partial charge in [0.2, 0.25) is 5.91 Å². The first kappa shape index (κ1) is 11.1. The molecule has 90 valence electrons. The highest BCUT2D eigenvalue weighted by atomic mass is 35.5. The molecule has 1 aromatic carbocycles. The van der Waals surface area contributed by atoms with E-state index in [0.717, 1.165) is 17.1 Å². The van der Waals surface area contributed by atoms with E-state index in [1.165, 1.54) is 0 Å². The molecule has 1 aliphatic heterocycles. The highest BCUT2D eigenvalue weighted by molar-refractivity contribution is 6.30. The number of carbonyl (C=O) groups is 1. The molecule has 17 heavy (non-hydrogen) atoms. The van der Waals surface area contributed by atoms with Crippen LogP contribution in [0.4, 0.5) is 0 Å². The summed E-state index contributed by atoms with van der Waals surface area (Å²) in [6.07, 6.45) is 0. The van der Waals surface area contributed by atoms with Crippen molar-refractivity contribution >= 4 is 17.5 Å². The molecule has 1 aliphatic carbocycles. The van der Waals surface area contributed by atoms with Gasteiger partial charge in [0.25, 0.3) is 0 Å². The van der Waals surface area contributed by atoms with Gasteiger partial charge in [-0.3, -0.25) is 4.79 Å². The summed E-state index contributed by atoms with van der Waals surface area (Å²) in [5.41, 5.74) is 6.71. The third-order valence-corrected chi connectivity index (χ3v) is 4.13. The summed E-state index contributed by atoms with van der Waals surface area (Å²) in [6.45, 7) is 2.17. The quantitative estimate of drug-likeness (QED) is 0.884. The molecule has 4 heteroatoms. The van der Waals surface area contributed by atoms with Gasteiger partial charge in [0.15, 0.2) is 0 Å². The van der Waals surface area contributed by atoms with Crippen LogP contribution in [0.25, 0.3) is 0 Å². The molecule has 2 N–H and O–H groups in total. The average molecular weight is 251 g/mol. The predicted octanol–water partition coefficient (Wildman–Crippen LogP) is 1.50. The summed E-state index contributed by atoms with van der Waals surface area (Å²) in [5.74, 6) is 1.43. The molecule has 3 rings (SSSR count). The van der Waals surface area contributed by atoms with Gasteiger partial charge in [-0.05, 0) is 36.1 Å². The minimum atomic E-state index is 0.208. The number of rotatable bonds is 3. The second-order valence-corrected chi connectivity index (χ2v) is 5.37. The van der Waals surface area contributed by atoms with Crippen molar-refractivity contribution in [2.45, 2.75) is 6.54 Å².